The van der Waals surface area contributed by atoms with Gasteiger partial charge in [-0.3, -0.25) is 9.59 Å². The van der Waals surface area contributed by atoms with Crippen molar-refractivity contribution in [1.29, 1.82) is 0 Å². The quantitative estimate of drug-likeness (QED) is 0.493. The van der Waals surface area contributed by atoms with E-state index in [1.54, 1.807) is 6.92 Å². The van der Waals surface area contributed by atoms with E-state index in [0.717, 1.165) is 0 Å². The zero-order chi connectivity index (χ0) is 7.28. The van der Waals surface area contributed by atoms with Crippen LogP contribution >= 0.6 is 0 Å². The molecule has 2 N–H and O–H groups in total. The smallest absolute Gasteiger partial charge is 0.237 e. The summed E-state index contributed by atoms with van der Waals surface area (Å²) in [5.74, 6) is -0.482. The van der Waals surface area contributed by atoms with Crippen molar-refractivity contribution in [3.8, 4) is 0 Å². The van der Waals surface area contributed by atoms with Crippen LogP contribution in [-0.2, 0) is 9.59 Å². The van der Waals surface area contributed by atoms with Gasteiger partial charge in [0.25, 0.3) is 0 Å². The molecule has 0 saturated heterocycles. The maximum atomic E-state index is 10.1. The van der Waals surface area contributed by atoms with Crippen LogP contribution in [0.5, 0.6) is 0 Å². The second-order valence-electron chi connectivity index (χ2n) is 1.63. The molecule has 0 fully saturated rings. The standard InChI is InChI=1S/C5H10N2O2/c1-2-7(4-8)3-5(6)9/h4H,2-3H2,1H3,(H2,6,9). The highest BCUT2D eigenvalue weighted by Crippen LogP contribution is 1.77. The van der Waals surface area contributed by atoms with Gasteiger partial charge in [-0.25, -0.2) is 0 Å². The molecule has 4 heteroatoms. The van der Waals surface area contributed by atoms with E-state index in [1.807, 2.05) is 0 Å². The number of hydrogen-bond donors (Lipinski definition) is 1. The molecule has 0 spiro atoms. The number of primary amides is 1. The average Bonchev–Trinajstić information content (AvgIpc) is 1.82. The van der Waals surface area contributed by atoms with E-state index >= 15 is 0 Å². The van der Waals surface area contributed by atoms with E-state index in [4.69, 9.17) is 5.73 Å². The Kier molecular flexibility index (Phi) is 3.43. The van der Waals surface area contributed by atoms with E-state index in [2.05, 4.69) is 0 Å². The molecule has 0 unspecified atom stereocenters. The highest BCUT2D eigenvalue weighted by atomic mass is 16.2. The first-order valence-corrected chi connectivity index (χ1v) is 2.68. The Morgan fingerprint density at radius 3 is 2.44 bits per heavy atom. The first kappa shape index (κ1) is 7.94. The summed E-state index contributed by atoms with van der Waals surface area (Å²) in [6.07, 6.45) is 0.602. The molecule has 2 amide bonds. The van der Waals surface area contributed by atoms with Gasteiger partial charge in [0.2, 0.25) is 12.3 Å². The Bertz CT molecular complexity index is 114. The van der Waals surface area contributed by atoms with Gasteiger partial charge in [0.1, 0.15) is 0 Å². The summed E-state index contributed by atoms with van der Waals surface area (Å²) in [5.41, 5.74) is 4.80. The molecule has 0 radical (unpaired) electrons. The summed E-state index contributed by atoms with van der Waals surface area (Å²) in [5, 5.41) is 0. The first-order valence-electron chi connectivity index (χ1n) is 2.68. The molecule has 0 aromatic carbocycles. The molecule has 9 heavy (non-hydrogen) atoms. The maximum absolute atomic E-state index is 10.1. The monoisotopic (exact) mass is 130 g/mol. The van der Waals surface area contributed by atoms with Crippen molar-refractivity contribution in [1.82, 2.24) is 4.90 Å². The van der Waals surface area contributed by atoms with Crippen LogP contribution in [0.1, 0.15) is 6.92 Å². The summed E-state index contributed by atoms with van der Waals surface area (Å²) in [6.45, 7) is 2.31. The van der Waals surface area contributed by atoms with Gasteiger partial charge in [0.05, 0.1) is 6.54 Å². The second kappa shape index (κ2) is 3.88. The van der Waals surface area contributed by atoms with Crippen LogP contribution in [0.4, 0.5) is 0 Å². The minimum absolute atomic E-state index is 0.0139. The average molecular weight is 130 g/mol. The largest absolute Gasteiger partial charge is 0.368 e. The highest BCUT2D eigenvalue weighted by molar-refractivity contribution is 5.77. The number of nitrogens with zero attached hydrogens (tertiary/aromatic N) is 1. The number of amides is 2. The summed E-state index contributed by atoms with van der Waals surface area (Å²) in [6, 6.07) is 0. The number of carbonyl (C=O) groups is 2. The molecular formula is C5H10N2O2. The normalized spacial score (nSPS) is 8.56. The third-order valence-electron chi connectivity index (χ3n) is 0.914. The molecule has 0 bridgehead atoms. The van der Waals surface area contributed by atoms with E-state index in [1.165, 1.54) is 4.90 Å². The van der Waals surface area contributed by atoms with Gasteiger partial charge < -0.3 is 10.6 Å². The number of rotatable bonds is 4. The lowest BCUT2D eigenvalue weighted by Crippen LogP contribution is -2.32. The molecular weight excluding hydrogens is 120 g/mol. The zero-order valence-corrected chi connectivity index (χ0v) is 5.33. The number of nitrogens with two attached hydrogens (primary N) is 1. The molecule has 0 atom stereocenters. The SMILES string of the molecule is CCN(C=O)CC(N)=O. The van der Waals surface area contributed by atoms with Gasteiger partial charge in [-0.15, -0.1) is 0 Å². The molecule has 0 aliphatic rings. The van der Waals surface area contributed by atoms with Crippen LogP contribution in [0.15, 0.2) is 0 Å². The fourth-order valence-corrected chi connectivity index (χ4v) is 0.424. The fourth-order valence-electron chi connectivity index (χ4n) is 0.424. The molecule has 52 valence electrons. The van der Waals surface area contributed by atoms with Crippen molar-refractivity contribution in [2.24, 2.45) is 5.73 Å². The Hall–Kier alpha value is -1.06. The van der Waals surface area contributed by atoms with Crippen molar-refractivity contribution >= 4 is 12.3 Å². The molecule has 0 heterocycles. The third-order valence-corrected chi connectivity index (χ3v) is 0.914. The third kappa shape index (κ3) is 3.52. The topological polar surface area (TPSA) is 63.4 Å². The van der Waals surface area contributed by atoms with Crippen molar-refractivity contribution in [3.63, 3.8) is 0 Å². The van der Waals surface area contributed by atoms with Crippen LogP contribution < -0.4 is 5.73 Å². The molecule has 0 saturated carbocycles. The zero-order valence-electron chi connectivity index (χ0n) is 5.33. The van der Waals surface area contributed by atoms with E-state index < -0.39 is 5.91 Å². The molecule has 4 nitrogen and oxygen atoms in total. The number of likely N-dealkylation sites (N-methyl/N-ethyl adjacent to an activating group) is 1. The van der Waals surface area contributed by atoms with Gasteiger partial charge in [-0.1, -0.05) is 0 Å². The number of carbonyl (C=O) groups excluding carboxylic acids is 2. The summed E-state index contributed by atoms with van der Waals surface area (Å²) in [7, 11) is 0. The molecule has 0 aromatic rings. The van der Waals surface area contributed by atoms with Crippen LogP contribution in [0, 0.1) is 0 Å². The summed E-state index contributed by atoms with van der Waals surface area (Å²) in [4.78, 5) is 21.4. The first-order chi connectivity index (χ1) is 4.20. The van der Waals surface area contributed by atoms with Crippen molar-refractivity contribution in [2.45, 2.75) is 6.92 Å². The van der Waals surface area contributed by atoms with Gasteiger partial charge in [-0.05, 0) is 6.92 Å². The maximum Gasteiger partial charge on any atom is 0.237 e. The van der Waals surface area contributed by atoms with E-state index in [0.29, 0.717) is 13.0 Å². The van der Waals surface area contributed by atoms with Crippen LogP contribution in [0.2, 0.25) is 0 Å². The van der Waals surface area contributed by atoms with Gasteiger partial charge >= 0.3 is 0 Å². The van der Waals surface area contributed by atoms with Crippen LogP contribution in [-0.4, -0.2) is 30.3 Å². The Morgan fingerprint density at radius 1 is 1.78 bits per heavy atom. The molecule has 0 aliphatic carbocycles. The fraction of sp³-hybridized carbons (Fsp3) is 0.600. The minimum Gasteiger partial charge on any atom is -0.368 e. The van der Waals surface area contributed by atoms with Gasteiger partial charge in [0, 0.05) is 6.54 Å². The summed E-state index contributed by atoms with van der Waals surface area (Å²) >= 11 is 0. The van der Waals surface area contributed by atoms with Gasteiger partial charge in [0.15, 0.2) is 0 Å². The van der Waals surface area contributed by atoms with E-state index in [9.17, 15) is 9.59 Å². The van der Waals surface area contributed by atoms with E-state index in [-0.39, 0.29) is 6.54 Å². The molecule has 0 aliphatic heterocycles. The molecule has 0 aromatic heterocycles. The Balaban J connectivity index is 3.55. The lowest BCUT2D eigenvalue weighted by Gasteiger charge is -2.10. The van der Waals surface area contributed by atoms with Crippen molar-refractivity contribution < 1.29 is 9.59 Å². The Morgan fingerprint density at radius 2 is 2.33 bits per heavy atom. The van der Waals surface area contributed by atoms with Crippen molar-refractivity contribution in [2.75, 3.05) is 13.1 Å². The molecule has 0 rings (SSSR count). The lowest BCUT2D eigenvalue weighted by atomic mass is 10.5. The predicted molar refractivity (Wildman–Crippen MR) is 32.5 cm³/mol. The second-order valence-corrected chi connectivity index (χ2v) is 1.63. The minimum atomic E-state index is -0.482. The predicted octanol–water partition coefficient (Wildman–Crippen LogP) is -1.05. The summed E-state index contributed by atoms with van der Waals surface area (Å²) < 4.78 is 0. The van der Waals surface area contributed by atoms with Crippen molar-refractivity contribution in [3.05, 3.63) is 0 Å². The van der Waals surface area contributed by atoms with Crippen LogP contribution in [0.25, 0.3) is 0 Å². The Labute approximate surface area is 53.6 Å². The highest BCUT2D eigenvalue weighted by Gasteiger charge is 1.99. The lowest BCUT2D eigenvalue weighted by molar-refractivity contribution is -0.126. The van der Waals surface area contributed by atoms with Gasteiger partial charge in [-0.2, -0.15) is 0 Å². The van der Waals surface area contributed by atoms with Crippen LogP contribution in [0.3, 0.4) is 0 Å². The number of hydrogen-bond acceptors (Lipinski definition) is 2.